The zero-order valence-electron chi connectivity index (χ0n) is 9.22. The lowest BCUT2D eigenvalue weighted by Crippen LogP contribution is -2.18. The van der Waals surface area contributed by atoms with Crippen LogP contribution in [-0.2, 0) is 16.3 Å². The predicted molar refractivity (Wildman–Crippen MR) is 65.2 cm³/mol. The van der Waals surface area contributed by atoms with Crippen LogP contribution in [0.1, 0.15) is 36.5 Å². The minimum Gasteiger partial charge on any atom is -0.323 e. The first-order chi connectivity index (χ1) is 7.49. The number of thiazole rings is 1. The maximum absolute atomic E-state index is 11.7. The van der Waals surface area contributed by atoms with E-state index in [-0.39, 0.29) is 11.3 Å². The third kappa shape index (κ3) is 2.44. The lowest BCUT2D eigenvalue weighted by atomic mass is 10.2. The fourth-order valence-corrected chi connectivity index (χ4v) is 4.84. The van der Waals surface area contributed by atoms with Crippen LogP contribution in [-0.4, -0.2) is 24.4 Å². The number of hydrogen-bond acceptors (Lipinski definition) is 5. The molecule has 2 heterocycles. The molecule has 0 saturated carbocycles. The number of sulfone groups is 1. The standard InChI is InChI=1S/C10H16N2O2S2/c1-7(11)9-6-15-10(12-9)5-8-3-2-4-16(8,13)14/h6-8H,2-5,11H2,1H3. The van der Waals surface area contributed by atoms with Gasteiger partial charge in [-0.3, -0.25) is 0 Å². The third-order valence-electron chi connectivity index (χ3n) is 2.90. The molecule has 1 fully saturated rings. The van der Waals surface area contributed by atoms with Crippen LogP contribution in [0, 0.1) is 0 Å². The van der Waals surface area contributed by atoms with Crippen LogP contribution in [0.2, 0.25) is 0 Å². The summed E-state index contributed by atoms with van der Waals surface area (Å²) in [6.45, 7) is 1.88. The topological polar surface area (TPSA) is 73.1 Å². The first-order valence-electron chi connectivity index (χ1n) is 5.40. The third-order valence-corrected chi connectivity index (χ3v) is 6.07. The van der Waals surface area contributed by atoms with Crippen LogP contribution in [0.25, 0.3) is 0 Å². The van der Waals surface area contributed by atoms with E-state index in [9.17, 15) is 8.42 Å². The van der Waals surface area contributed by atoms with Crippen molar-refractivity contribution in [3.8, 4) is 0 Å². The van der Waals surface area contributed by atoms with Crippen LogP contribution in [0.5, 0.6) is 0 Å². The first kappa shape index (κ1) is 12.0. The van der Waals surface area contributed by atoms with Crippen molar-refractivity contribution in [1.82, 2.24) is 4.98 Å². The molecule has 16 heavy (non-hydrogen) atoms. The summed E-state index contributed by atoms with van der Waals surface area (Å²) in [4.78, 5) is 4.37. The smallest absolute Gasteiger partial charge is 0.153 e. The van der Waals surface area contributed by atoms with Gasteiger partial charge in [0.2, 0.25) is 0 Å². The zero-order valence-corrected chi connectivity index (χ0v) is 10.9. The van der Waals surface area contributed by atoms with Gasteiger partial charge in [0.05, 0.1) is 21.7 Å². The molecule has 4 nitrogen and oxygen atoms in total. The van der Waals surface area contributed by atoms with Crippen molar-refractivity contribution in [1.29, 1.82) is 0 Å². The van der Waals surface area contributed by atoms with Crippen LogP contribution < -0.4 is 5.73 Å². The van der Waals surface area contributed by atoms with Crippen molar-refractivity contribution < 1.29 is 8.42 Å². The number of rotatable bonds is 3. The number of nitrogens with zero attached hydrogens (tertiary/aromatic N) is 1. The maximum atomic E-state index is 11.7. The van der Waals surface area contributed by atoms with Gasteiger partial charge in [0.1, 0.15) is 0 Å². The highest BCUT2D eigenvalue weighted by molar-refractivity contribution is 7.92. The fourth-order valence-electron chi connectivity index (χ4n) is 1.91. The van der Waals surface area contributed by atoms with E-state index in [1.165, 1.54) is 11.3 Å². The Morgan fingerprint density at radius 3 is 2.94 bits per heavy atom. The molecule has 2 unspecified atom stereocenters. The molecule has 0 aliphatic carbocycles. The average molecular weight is 260 g/mol. The Morgan fingerprint density at radius 2 is 2.44 bits per heavy atom. The molecule has 90 valence electrons. The van der Waals surface area contributed by atoms with E-state index in [1.54, 1.807) is 0 Å². The van der Waals surface area contributed by atoms with E-state index in [4.69, 9.17) is 5.73 Å². The SMILES string of the molecule is CC(N)c1csc(CC2CCCS2(=O)=O)n1. The molecule has 2 rings (SSSR count). The van der Waals surface area contributed by atoms with Crippen LogP contribution in [0.4, 0.5) is 0 Å². The number of aromatic nitrogens is 1. The Hall–Kier alpha value is -0.460. The molecule has 0 amide bonds. The number of hydrogen-bond donors (Lipinski definition) is 1. The summed E-state index contributed by atoms with van der Waals surface area (Å²) in [6, 6.07) is -0.0785. The molecule has 1 aliphatic rings. The largest absolute Gasteiger partial charge is 0.323 e. The Labute approximate surface area is 99.8 Å². The van der Waals surface area contributed by atoms with E-state index in [1.807, 2.05) is 12.3 Å². The molecule has 2 N–H and O–H groups in total. The Kier molecular flexibility index (Phi) is 3.32. The van der Waals surface area contributed by atoms with E-state index in [0.29, 0.717) is 12.2 Å². The summed E-state index contributed by atoms with van der Waals surface area (Å²) in [6.07, 6.45) is 2.12. The summed E-state index contributed by atoms with van der Waals surface area (Å²) < 4.78 is 23.3. The van der Waals surface area contributed by atoms with Crippen LogP contribution in [0.3, 0.4) is 0 Å². The molecule has 0 bridgehead atoms. The van der Waals surface area contributed by atoms with Crippen molar-refractivity contribution in [2.45, 2.75) is 37.5 Å². The lowest BCUT2D eigenvalue weighted by Gasteiger charge is -2.06. The predicted octanol–water partition coefficient (Wildman–Crippen LogP) is 1.28. The Balaban J connectivity index is 2.09. The second-order valence-electron chi connectivity index (χ2n) is 4.29. The van der Waals surface area contributed by atoms with Crippen molar-refractivity contribution in [3.63, 3.8) is 0 Å². The van der Waals surface area contributed by atoms with Crippen LogP contribution >= 0.6 is 11.3 Å². The molecule has 1 aliphatic heterocycles. The zero-order chi connectivity index (χ0) is 11.8. The van der Waals surface area contributed by atoms with Crippen molar-refractivity contribution in [2.24, 2.45) is 5.73 Å². The van der Waals surface area contributed by atoms with Gasteiger partial charge in [0.25, 0.3) is 0 Å². The maximum Gasteiger partial charge on any atom is 0.153 e. The van der Waals surface area contributed by atoms with E-state index < -0.39 is 9.84 Å². The van der Waals surface area contributed by atoms with Gasteiger partial charge in [-0.15, -0.1) is 11.3 Å². The molecule has 0 aromatic carbocycles. The lowest BCUT2D eigenvalue weighted by molar-refractivity contribution is 0.588. The molecule has 2 atom stereocenters. The monoisotopic (exact) mass is 260 g/mol. The average Bonchev–Trinajstić information content (AvgIpc) is 2.75. The minimum atomic E-state index is -2.86. The van der Waals surface area contributed by atoms with E-state index >= 15 is 0 Å². The van der Waals surface area contributed by atoms with Gasteiger partial charge >= 0.3 is 0 Å². The molecule has 6 heteroatoms. The molecule has 1 aromatic heterocycles. The van der Waals surface area contributed by atoms with Gasteiger partial charge in [-0.05, 0) is 19.8 Å². The molecule has 1 aromatic rings. The van der Waals surface area contributed by atoms with Gasteiger partial charge < -0.3 is 5.73 Å². The Bertz CT molecular complexity index is 465. The fraction of sp³-hybridized carbons (Fsp3) is 0.700. The van der Waals surface area contributed by atoms with E-state index in [0.717, 1.165) is 23.5 Å². The Morgan fingerprint density at radius 1 is 1.69 bits per heavy atom. The summed E-state index contributed by atoms with van der Waals surface area (Å²) in [7, 11) is -2.86. The molecule has 0 radical (unpaired) electrons. The van der Waals surface area contributed by atoms with Gasteiger partial charge in [0.15, 0.2) is 9.84 Å². The highest BCUT2D eigenvalue weighted by atomic mass is 32.2. The van der Waals surface area contributed by atoms with Crippen LogP contribution in [0.15, 0.2) is 5.38 Å². The second-order valence-corrected chi connectivity index (χ2v) is 7.63. The second kappa shape index (κ2) is 4.43. The quantitative estimate of drug-likeness (QED) is 0.888. The van der Waals surface area contributed by atoms with Crippen molar-refractivity contribution >= 4 is 21.2 Å². The summed E-state index contributed by atoms with van der Waals surface area (Å²) in [5, 5.41) is 2.59. The normalized spacial score (nSPS) is 25.8. The van der Waals surface area contributed by atoms with Gasteiger partial charge in [0, 0.05) is 17.8 Å². The highest BCUT2D eigenvalue weighted by Crippen LogP contribution is 2.25. The van der Waals surface area contributed by atoms with E-state index in [2.05, 4.69) is 4.98 Å². The number of nitrogens with two attached hydrogens (primary N) is 1. The minimum absolute atomic E-state index is 0.0785. The van der Waals surface area contributed by atoms with Gasteiger partial charge in [-0.2, -0.15) is 0 Å². The van der Waals surface area contributed by atoms with Crippen molar-refractivity contribution in [3.05, 3.63) is 16.1 Å². The van der Waals surface area contributed by atoms with Gasteiger partial charge in [-0.25, -0.2) is 13.4 Å². The molecular formula is C10H16N2O2S2. The molecule has 1 saturated heterocycles. The summed E-state index contributed by atoms with van der Waals surface area (Å²) >= 11 is 1.51. The highest BCUT2D eigenvalue weighted by Gasteiger charge is 2.31. The summed E-state index contributed by atoms with van der Waals surface area (Å²) in [5.41, 5.74) is 6.57. The molecule has 0 spiro atoms. The summed E-state index contributed by atoms with van der Waals surface area (Å²) in [5.74, 6) is 0.336. The van der Waals surface area contributed by atoms with Gasteiger partial charge in [-0.1, -0.05) is 0 Å². The first-order valence-corrected chi connectivity index (χ1v) is 8.00. The molecular weight excluding hydrogens is 244 g/mol. The van der Waals surface area contributed by atoms with Crippen molar-refractivity contribution in [2.75, 3.05) is 5.75 Å².